The number of nitrogens with zero attached hydrogens (tertiary/aromatic N) is 2. The number of halogens is 1. The van der Waals surface area contributed by atoms with E-state index >= 15 is 0 Å². The summed E-state index contributed by atoms with van der Waals surface area (Å²) in [6.45, 7) is 6.78. The smallest absolute Gasteiger partial charge is 0.236 e. The Labute approximate surface area is 137 Å². The summed E-state index contributed by atoms with van der Waals surface area (Å²) in [7, 11) is 1.64. The van der Waals surface area contributed by atoms with E-state index < -0.39 is 0 Å². The van der Waals surface area contributed by atoms with Crippen molar-refractivity contribution in [3.8, 4) is 0 Å². The number of likely N-dealkylation sites (N-methyl/N-ethyl adjacent to an activating group) is 2. The summed E-state index contributed by atoms with van der Waals surface area (Å²) in [6, 6.07) is 6.47. The lowest BCUT2D eigenvalue weighted by Crippen LogP contribution is -2.44. The second-order valence-electron chi connectivity index (χ2n) is 5.87. The molecular formula is C17H26FN3O2. The number of nitrogens with one attached hydrogen (secondary N) is 1. The molecular weight excluding hydrogens is 297 g/mol. The van der Waals surface area contributed by atoms with Crippen LogP contribution in [-0.4, -0.2) is 54.3 Å². The zero-order valence-corrected chi connectivity index (χ0v) is 14.3. The molecule has 0 fully saturated rings. The first-order chi connectivity index (χ1) is 10.8. The van der Waals surface area contributed by atoms with Crippen molar-refractivity contribution in [1.29, 1.82) is 0 Å². The molecule has 1 aromatic carbocycles. The van der Waals surface area contributed by atoms with E-state index in [4.69, 9.17) is 0 Å². The Kier molecular flexibility index (Phi) is 7.68. The van der Waals surface area contributed by atoms with Gasteiger partial charge in [0.25, 0.3) is 0 Å². The third-order valence-electron chi connectivity index (χ3n) is 3.41. The quantitative estimate of drug-likeness (QED) is 0.791. The SMILES string of the molecule is CCN(CC(=O)NC(C)C)CC(=O)N(C)Cc1ccccc1F. The molecule has 1 rings (SSSR count). The van der Waals surface area contributed by atoms with Crippen molar-refractivity contribution in [1.82, 2.24) is 15.1 Å². The third kappa shape index (κ3) is 6.78. The highest BCUT2D eigenvalue weighted by Crippen LogP contribution is 2.09. The Hall–Kier alpha value is -1.95. The van der Waals surface area contributed by atoms with Crippen LogP contribution in [0.4, 0.5) is 4.39 Å². The number of amides is 2. The minimum absolute atomic E-state index is 0.0700. The van der Waals surface area contributed by atoms with E-state index in [1.54, 1.807) is 30.1 Å². The molecule has 0 spiro atoms. The molecule has 23 heavy (non-hydrogen) atoms. The molecule has 2 amide bonds. The Morgan fingerprint density at radius 1 is 1.22 bits per heavy atom. The molecule has 128 valence electrons. The molecule has 0 heterocycles. The summed E-state index contributed by atoms with van der Waals surface area (Å²) >= 11 is 0. The first kappa shape index (κ1) is 19.1. The largest absolute Gasteiger partial charge is 0.353 e. The standard InChI is InChI=1S/C17H26FN3O2/c1-5-21(11-16(22)19-13(2)3)12-17(23)20(4)10-14-8-6-7-9-15(14)18/h6-9,13H,5,10-12H2,1-4H3,(H,19,22). The van der Waals surface area contributed by atoms with Crippen LogP contribution < -0.4 is 5.32 Å². The number of carbonyl (C=O) groups excluding carboxylic acids is 2. The van der Waals surface area contributed by atoms with E-state index in [9.17, 15) is 14.0 Å². The van der Waals surface area contributed by atoms with E-state index in [-0.39, 0.29) is 43.3 Å². The molecule has 0 radical (unpaired) electrons. The maximum atomic E-state index is 13.6. The van der Waals surface area contributed by atoms with Gasteiger partial charge in [-0.3, -0.25) is 14.5 Å². The second kappa shape index (κ2) is 9.25. The maximum absolute atomic E-state index is 13.6. The van der Waals surface area contributed by atoms with Gasteiger partial charge in [-0.25, -0.2) is 4.39 Å². The van der Waals surface area contributed by atoms with Crippen LogP contribution in [0.1, 0.15) is 26.3 Å². The first-order valence-electron chi connectivity index (χ1n) is 7.82. The van der Waals surface area contributed by atoms with E-state index in [0.717, 1.165) is 0 Å². The summed E-state index contributed by atoms with van der Waals surface area (Å²) in [6.07, 6.45) is 0. The highest BCUT2D eigenvalue weighted by atomic mass is 19.1. The van der Waals surface area contributed by atoms with Crippen molar-refractivity contribution >= 4 is 11.8 Å². The number of carbonyl (C=O) groups is 2. The lowest BCUT2D eigenvalue weighted by molar-refractivity contribution is -0.132. The van der Waals surface area contributed by atoms with Crippen LogP contribution in [0.3, 0.4) is 0 Å². The highest BCUT2D eigenvalue weighted by Gasteiger charge is 2.17. The van der Waals surface area contributed by atoms with E-state index in [1.807, 2.05) is 20.8 Å². The molecule has 0 aromatic heterocycles. The molecule has 5 nitrogen and oxygen atoms in total. The van der Waals surface area contributed by atoms with Crippen molar-refractivity contribution in [2.75, 3.05) is 26.7 Å². The molecule has 0 aliphatic rings. The van der Waals surface area contributed by atoms with Gasteiger partial charge in [-0.15, -0.1) is 0 Å². The zero-order chi connectivity index (χ0) is 17.4. The van der Waals surface area contributed by atoms with Gasteiger partial charge in [0.15, 0.2) is 0 Å². The van der Waals surface area contributed by atoms with E-state index in [2.05, 4.69) is 5.32 Å². The van der Waals surface area contributed by atoms with Crippen LogP contribution in [0.5, 0.6) is 0 Å². The van der Waals surface area contributed by atoms with Crippen molar-refractivity contribution in [2.24, 2.45) is 0 Å². The van der Waals surface area contributed by atoms with Crippen LogP contribution in [-0.2, 0) is 16.1 Å². The fourth-order valence-electron chi connectivity index (χ4n) is 2.13. The molecule has 6 heteroatoms. The first-order valence-corrected chi connectivity index (χ1v) is 7.82. The second-order valence-corrected chi connectivity index (χ2v) is 5.87. The average Bonchev–Trinajstić information content (AvgIpc) is 2.47. The fraction of sp³-hybridized carbons (Fsp3) is 0.529. The molecule has 0 aliphatic carbocycles. The fourth-order valence-corrected chi connectivity index (χ4v) is 2.13. The minimum atomic E-state index is -0.323. The van der Waals surface area contributed by atoms with Crippen LogP contribution in [0.15, 0.2) is 24.3 Å². The Balaban J connectivity index is 2.55. The van der Waals surface area contributed by atoms with Crippen molar-refractivity contribution in [3.05, 3.63) is 35.6 Å². The lowest BCUT2D eigenvalue weighted by atomic mass is 10.2. The number of hydrogen-bond donors (Lipinski definition) is 1. The van der Waals surface area contributed by atoms with Crippen LogP contribution >= 0.6 is 0 Å². The van der Waals surface area contributed by atoms with Gasteiger partial charge in [0.2, 0.25) is 11.8 Å². The summed E-state index contributed by atoms with van der Waals surface area (Å²) in [5, 5.41) is 2.80. The van der Waals surface area contributed by atoms with Gasteiger partial charge in [-0.05, 0) is 26.5 Å². The number of hydrogen-bond acceptors (Lipinski definition) is 3. The minimum Gasteiger partial charge on any atom is -0.353 e. The van der Waals surface area contributed by atoms with Crippen molar-refractivity contribution in [3.63, 3.8) is 0 Å². The van der Waals surface area contributed by atoms with Gasteiger partial charge in [0.05, 0.1) is 13.1 Å². The molecule has 0 aliphatic heterocycles. The number of rotatable bonds is 8. The van der Waals surface area contributed by atoms with Gasteiger partial charge >= 0.3 is 0 Å². The topological polar surface area (TPSA) is 52.7 Å². The Bertz CT molecular complexity index is 534. The van der Waals surface area contributed by atoms with E-state index in [1.165, 1.54) is 11.0 Å². The summed E-state index contributed by atoms with van der Waals surface area (Å²) in [5.74, 6) is -0.574. The lowest BCUT2D eigenvalue weighted by Gasteiger charge is -2.24. The summed E-state index contributed by atoms with van der Waals surface area (Å²) < 4.78 is 13.6. The molecule has 1 aromatic rings. The Morgan fingerprint density at radius 3 is 2.43 bits per heavy atom. The Morgan fingerprint density at radius 2 is 1.87 bits per heavy atom. The molecule has 0 saturated heterocycles. The van der Waals surface area contributed by atoms with Gasteiger partial charge in [-0.1, -0.05) is 25.1 Å². The predicted molar refractivity (Wildman–Crippen MR) is 88.3 cm³/mol. The monoisotopic (exact) mass is 323 g/mol. The molecule has 0 saturated carbocycles. The van der Waals surface area contributed by atoms with Crippen LogP contribution in [0, 0.1) is 5.82 Å². The van der Waals surface area contributed by atoms with Crippen molar-refractivity contribution in [2.45, 2.75) is 33.4 Å². The highest BCUT2D eigenvalue weighted by molar-refractivity contribution is 5.81. The number of benzene rings is 1. The maximum Gasteiger partial charge on any atom is 0.236 e. The average molecular weight is 323 g/mol. The molecule has 0 atom stereocenters. The van der Waals surface area contributed by atoms with Crippen molar-refractivity contribution < 1.29 is 14.0 Å². The van der Waals surface area contributed by atoms with Gasteiger partial charge < -0.3 is 10.2 Å². The van der Waals surface area contributed by atoms with Crippen LogP contribution in [0.25, 0.3) is 0 Å². The molecule has 0 unspecified atom stereocenters. The zero-order valence-electron chi connectivity index (χ0n) is 14.3. The molecule has 0 bridgehead atoms. The normalized spacial score (nSPS) is 10.9. The predicted octanol–water partition coefficient (Wildman–Crippen LogP) is 1.63. The van der Waals surface area contributed by atoms with Gasteiger partial charge in [0, 0.05) is 25.2 Å². The van der Waals surface area contributed by atoms with Gasteiger partial charge in [-0.2, -0.15) is 0 Å². The molecule has 1 N–H and O–H groups in total. The van der Waals surface area contributed by atoms with E-state index in [0.29, 0.717) is 12.1 Å². The third-order valence-corrected chi connectivity index (χ3v) is 3.41. The summed E-state index contributed by atoms with van der Waals surface area (Å²) in [4.78, 5) is 27.3. The van der Waals surface area contributed by atoms with Crippen LogP contribution in [0.2, 0.25) is 0 Å². The summed E-state index contributed by atoms with van der Waals surface area (Å²) in [5.41, 5.74) is 0.476. The van der Waals surface area contributed by atoms with Gasteiger partial charge in [0.1, 0.15) is 5.82 Å².